The normalized spacial score (nSPS) is 19.1. The Morgan fingerprint density at radius 2 is 1.74 bits per heavy atom. The van der Waals surface area contributed by atoms with Gasteiger partial charge in [0.2, 0.25) is 5.91 Å². The van der Waals surface area contributed by atoms with E-state index in [0.717, 1.165) is 12.8 Å². The fourth-order valence-corrected chi connectivity index (χ4v) is 3.88. The van der Waals surface area contributed by atoms with Crippen LogP contribution in [0.25, 0.3) is 11.1 Å². The Labute approximate surface area is 159 Å². The van der Waals surface area contributed by atoms with Gasteiger partial charge >= 0.3 is 0 Å². The topological polar surface area (TPSA) is 49.4 Å². The van der Waals surface area contributed by atoms with E-state index in [1.54, 1.807) is 41.3 Å². The molecule has 0 bridgehead atoms. The molecule has 2 aromatic rings. The molecule has 1 fully saturated rings. The van der Waals surface area contributed by atoms with Gasteiger partial charge in [-0.3, -0.25) is 9.59 Å². The molecule has 0 aromatic heterocycles. The molecule has 0 saturated carbocycles. The zero-order chi connectivity index (χ0) is 19.4. The lowest BCUT2D eigenvalue weighted by atomic mass is 9.98. The fourth-order valence-electron chi connectivity index (χ4n) is 3.88. The van der Waals surface area contributed by atoms with Crippen LogP contribution in [-0.2, 0) is 4.79 Å². The average Bonchev–Trinajstić information content (AvgIpc) is 3.04. The predicted molar refractivity (Wildman–Crippen MR) is 104 cm³/mol. The maximum atomic E-state index is 14.3. The van der Waals surface area contributed by atoms with E-state index in [-0.39, 0.29) is 29.6 Å². The summed E-state index contributed by atoms with van der Waals surface area (Å²) in [6.45, 7) is 4.68. The lowest BCUT2D eigenvalue weighted by molar-refractivity contribution is -0.119. The van der Waals surface area contributed by atoms with Crippen molar-refractivity contribution in [1.29, 1.82) is 0 Å². The minimum atomic E-state index is -0.348. The molecule has 0 aliphatic carbocycles. The molecule has 142 valence electrons. The largest absolute Gasteiger partial charge is 0.351 e. The zero-order valence-corrected chi connectivity index (χ0v) is 15.7. The van der Waals surface area contributed by atoms with Gasteiger partial charge in [0, 0.05) is 31.1 Å². The molecule has 1 aliphatic heterocycles. The summed E-state index contributed by atoms with van der Waals surface area (Å²) in [5.41, 5.74) is 1.50. The molecule has 0 unspecified atom stereocenters. The van der Waals surface area contributed by atoms with Crippen molar-refractivity contribution in [2.75, 3.05) is 13.1 Å². The van der Waals surface area contributed by atoms with Crippen molar-refractivity contribution in [2.24, 2.45) is 5.92 Å². The maximum Gasteiger partial charge on any atom is 0.254 e. The number of carbonyl (C=O) groups excluding carboxylic acids is 2. The first-order chi connectivity index (χ1) is 13.0. The molecule has 2 aromatic carbocycles. The summed E-state index contributed by atoms with van der Waals surface area (Å²) < 4.78 is 14.3. The molecular weight excluding hydrogens is 343 g/mol. The van der Waals surface area contributed by atoms with Crippen LogP contribution >= 0.6 is 0 Å². The lowest BCUT2D eigenvalue weighted by Crippen LogP contribution is -2.39. The molecule has 1 saturated heterocycles. The lowest BCUT2D eigenvalue weighted by Gasteiger charge is -2.19. The Balaban J connectivity index is 1.89. The first-order valence-corrected chi connectivity index (χ1v) is 9.41. The third-order valence-electron chi connectivity index (χ3n) is 5.10. The van der Waals surface area contributed by atoms with Crippen molar-refractivity contribution in [1.82, 2.24) is 10.2 Å². The van der Waals surface area contributed by atoms with Crippen LogP contribution in [0.2, 0.25) is 0 Å². The van der Waals surface area contributed by atoms with Crippen LogP contribution in [0.5, 0.6) is 0 Å². The average molecular weight is 368 g/mol. The van der Waals surface area contributed by atoms with Crippen LogP contribution in [0.3, 0.4) is 0 Å². The SMILES string of the molecule is CCC[C@@H]1CN(C(=O)c2ccccc2-c2ccccc2F)C[C@H]1NC(C)=O. The highest BCUT2D eigenvalue weighted by molar-refractivity contribution is 6.01. The molecular formula is C22H25FN2O2. The smallest absolute Gasteiger partial charge is 0.254 e. The van der Waals surface area contributed by atoms with Gasteiger partial charge in [-0.25, -0.2) is 4.39 Å². The van der Waals surface area contributed by atoms with E-state index in [1.165, 1.54) is 13.0 Å². The second-order valence-corrected chi connectivity index (χ2v) is 7.09. The number of hydrogen-bond acceptors (Lipinski definition) is 2. The van der Waals surface area contributed by atoms with Crippen molar-refractivity contribution in [2.45, 2.75) is 32.7 Å². The molecule has 0 radical (unpaired) electrons. The van der Waals surface area contributed by atoms with Crippen LogP contribution in [0.4, 0.5) is 4.39 Å². The van der Waals surface area contributed by atoms with Crippen LogP contribution in [0.1, 0.15) is 37.0 Å². The highest BCUT2D eigenvalue weighted by atomic mass is 19.1. The minimum absolute atomic E-state index is 0.0352. The number of hydrogen-bond donors (Lipinski definition) is 1. The van der Waals surface area contributed by atoms with Crippen molar-refractivity contribution in [3.8, 4) is 11.1 Å². The van der Waals surface area contributed by atoms with E-state index in [9.17, 15) is 14.0 Å². The van der Waals surface area contributed by atoms with Gasteiger partial charge in [-0.05, 0) is 30.0 Å². The molecule has 2 amide bonds. The highest BCUT2D eigenvalue weighted by Gasteiger charge is 2.36. The number of amides is 2. The first kappa shape index (κ1) is 19.1. The number of nitrogens with zero attached hydrogens (tertiary/aromatic N) is 1. The number of benzene rings is 2. The quantitative estimate of drug-likeness (QED) is 0.871. The summed E-state index contributed by atoms with van der Waals surface area (Å²) in [5, 5.41) is 2.98. The molecule has 1 heterocycles. The van der Waals surface area contributed by atoms with Gasteiger partial charge < -0.3 is 10.2 Å². The van der Waals surface area contributed by atoms with Gasteiger partial charge in [-0.1, -0.05) is 49.7 Å². The number of likely N-dealkylation sites (tertiary alicyclic amines) is 1. The number of carbonyl (C=O) groups is 2. The van der Waals surface area contributed by atoms with Gasteiger partial charge in [0.05, 0.1) is 6.04 Å². The zero-order valence-electron chi connectivity index (χ0n) is 15.7. The molecule has 2 atom stereocenters. The Bertz CT molecular complexity index is 837. The van der Waals surface area contributed by atoms with Crippen LogP contribution in [0.15, 0.2) is 48.5 Å². The van der Waals surface area contributed by atoms with E-state index in [0.29, 0.717) is 29.8 Å². The van der Waals surface area contributed by atoms with Crippen molar-refractivity contribution < 1.29 is 14.0 Å². The maximum absolute atomic E-state index is 14.3. The predicted octanol–water partition coefficient (Wildman–Crippen LogP) is 3.87. The number of halogens is 1. The Hall–Kier alpha value is -2.69. The van der Waals surface area contributed by atoms with Crippen LogP contribution < -0.4 is 5.32 Å². The van der Waals surface area contributed by atoms with Gasteiger partial charge in [-0.15, -0.1) is 0 Å². The van der Waals surface area contributed by atoms with E-state index in [4.69, 9.17) is 0 Å². The summed E-state index contributed by atoms with van der Waals surface area (Å²) in [6, 6.07) is 13.6. The molecule has 5 heteroatoms. The third kappa shape index (κ3) is 4.18. The van der Waals surface area contributed by atoms with Crippen LogP contribution in [0, 0.1) is 11.7 Å². The molecule has 1 aliphatic rings. The van der Waals surface area contributed by atoms with E-state index < -0.39 is 0 Å². The first-order valence-electron chi connectivity index (χ1n) is 9.41. The third-order valence-corrected chi connectivity index (χ3v) is 5.10. The monoisotopic (exact) mass is 368 g/mol. The fraction of sp³-hybridized carbons (Fsp3) is 0.364. The number of rotatable bonds is 5. The molecule has 0 spiro atoms. The highest BCUT2D eigenvalue weighted by Crippen LogP contribution is 2.29. The van der Waals surface area contributed by atoms with Crippen molar-refractivity contribution in [3.05, 3.63) is 59.9 Å². The summed E-state index contributed by atoms with van der Waals surface area (Å²) in [4.78, 5) is 26.5. The van der Waals surface area contributed by atoms with Gasteiger partial charge in [0.25, 0.3) is 5.91 Å². The minimum Gasteiger partial charge on any atom is -0.351 e. The molecule has 27 heavy (non-hydrogen) atoms. The second kappa shape index (κ2) is 8.33. The van der Waals surface area contributed by atoms with E-state index in [1.807, 2.05) is 6.07 Å². The van der Waals surface area contributed by atoms with Gasteiger partial charge in [0.15, 0.2) is 0 Å². The summed E-state index contributed by atoms with van der Waals surface area (Å²) in [7, 11) is 0. The second-order valence-electron chi connectivity index (χ2n) is 7.09. The van der Waals surface area contributed by atoms with Crippen molar-refractivity contribution >= 4 is 11.8 Å². The van der Waals surface area contributed by atoms with E-state index >= 15 is 0 Å². The van der Waals surface area contributed by atoms with Gasteiger partial charge in [-0.2, -0.15) is 0 Å². The van der Waals surface area contributed by atoms with Crippen molar-refractivity contribution in [3.63, 3.8) is 0 Å². The molecule has 1 N–H and O–H groups in total. The number of nitrogens with one attached hydrogen (secondary N) is 1. The van der Waals surface area contributed by atoms with Gasteiger partial charge in [0.1, 0.15) is 5.82 Å². The standard InChI is InChI=1S/C22H25FN2O2/c1-3-8-16-13-25(14-21(16)24-15(2)26)22(27)19-11-5-4-9-17(19)18-10-6-7-12-20(18)23/h4-7,9-12,16,21H,3,8,13-14H2,1-2H3,(H,24,26)/t16-,21-/m1/s1. The molecule has 3 rings (SSSR count). The Kier molecular flexibility index (Phi) is 5.89. The summed E-state index contributed by atoms with van der Waals surface area (Å²) >= 11 is 0. The Morgan fingerprint density at radius 1 is 1.07 bits per heavy atom. The molecule has 4 nitrogen and oxygen atoms in total. The summed E-state index contributed by atoms with van der Waals surface area (Å²) in [6.07, 6.45) is 1.94. The Morgan fingerprint density at radius 3 is 2.41 bits per heavy atom. The van der Waals surface area contributed by atoms with E-state index in [2.05, 4.69) is 12.2 Å². The van der Waals surface area contributed by atoms with Crippen LogP contribution in [-0.4, -0.2) is 35.8 Å². The summed E-state index contributed by atoms with van der Waals surface area (Å²) in [5.74, 6) is -0.312.